The van der Waals surface area contributed by atoms with Crippen LogP contribution in [-0.2, 0) is 6.42 Å². The molecule has 1 heterocycles. The van der Waals surface area contributed by atoms with Gasteiger partial charge in [0.15, 0.2) is 0 Å². The Bertz CT molecular complexity index is 536. The van der Waals surface area contributed by atoms with Crippen molar-refractivity contribution < 1.29 is 4.42 Å². The van der Waals surface area contributed by atoms with Crippen molar-refractivity contribution in [1.29, 1.82) is 0 Å². The molecule has 110 valence electrons. The molecule has 0 bridgehead atoms. The molecule has 1 heteroatoms. The number of aryl methyl sites for hydroxylation is 2. The van der Waals surface area contributed by atoms with Gasteiger partial charge in [0.05, 0.1) is 0 Å². The standard InChI is InChI=1S/C19H28O/c1-14(2)6-5-7-15(3)8-9-17-10-11-19-18(13-17)12-16(4)20-19/h10-15H,5-9H2,1-4H3. The maximum atomic E-state index is 5.62. The van der Waals surface area contributed by atoms with Gasteiger partial charge in [0.1, 0.15) is 11.3 Å². The van der Waals surface area contributed by atoms with Crippen LogP contribution in [0.1, 0.15) is 57.8 Å². The molecule has 0 fully saturated rings. The summed E-state index contributed by atoms with van der Waals surface area (Å²) in [5.41, 5.74) is 2.45. The summed E-state index contributed by atoms with van der Waals surface area (Å²) in [5.74, 6) is 2.67. The summed E-state index contributed by atoms with van der Waals surface area (Å²) in [7, 11) is 0. The second kappa shape index (κ2) is 6.97. The molecule has 20 heavy (non-hydrogen) atoms. The summed E-state index contributed by atoms with van der Waals surface area (Å²) in [6.45, 7) is 9.02. The molecule has 1 atom stereocenters. The average Bonchev–Trinajstić information content (AvgIpc) is 2.75. The average molecular weight is 272 g/mol. The molecule has 2 aromatic rings. The molecule has 0 radical (unpaired) electrons. The lowest BCUT2D eigenvalue weighted by Crippen LogP contribution is -1.99. The van der Waals surface area contributed by atoms with E-state index in [2.05, 4.69) is 45.0 Å². The van der Waals surface area contributed by atoms with E-state index in [9.17, 15) is 0 Å². The van der Waals surface area contributed by atoms with Crippen LogP contribution in [0.3, 0.4) is 0 Å². The van der Waals surface area contributed by atoms with Crippen molar-refractivity contribution in [2.45, 2.75) is 59.8 Å². The Morgan fingerprint density at radius 3 is 2.55 bits per heavy atom. The minimum absolute atomic E-state index is 0.829. The molecule has 0 spiro atoms. The molecule has 1 nitrogen and oxygen atoms in total. The van der Waals surface area contributed by atoms with Crippen LogP contribution in [0.5, 0.6) is 0 Å². The normalized spacial score (nSPS) is 13.2. The summed E-state index contributed by atoms with van der Waals surface area (Å²) in [6, 6.07) is 8.74. The number of fused-ring (bicyclic) bond motifs is 1. The third-order valence-electron chi connectivity index (χ3n) is 4.11. The van der Waals surface area contributed by atoms with Crippen LogP contribution in [0, 0.1) is 18.8 Å². The summed E-state index contributed by atoms with van der Waals surface area (Å²) in [6.07, 6.45) is 6.58. The molecule has 1 aromatic carbocycles. The number of hydrogen-bond acceptors (Lipinski definition) is 1. The highest BCUT2D eigenvalue weighted by Crippen LogP contribution is 2.22. The smallest absolute Gasteiger partial charge is 0.134 e. The second-order valence-corrected chi connectivity index (χ2v) is 6.70. The Kier molecular flexibility index (Phi) is 5.28. The molecule has 1 unspecified atom stereocenters. The molecule has 0 aliphatic heterocycles. The summed E-state index contributed by atoms with van der Waals surface area (Å²) in [5, 5.41) is 1.24. The Morgan fingerprint density at radius 1 is 1.00 bits per heavy atom. The fraction of sp³-hybridized carbons (Fsp3) is 0.579. The van der Waals surface area contributed by atoms with Crippen molar-refractivity contribution in [3.8, 4) is 0 Å². The van der Waals surface area contributed by atoms with Gasteiger partial charge in [-0.05, 0) is 55.4 Å². The molecule has 0 saturated heterocycles. The van der Waals surface area contributed by atoms with Crippen molar-refractivity contribution in [3.63, 3.8) is 0 Å². The lowest BCUT2D eigenvalue weighted by molar-refractivity contribution is 0.437. The van der Waals surface area contributed by atoms with Crippen LogP contribution in [-0.4, -0.2) is 0 Å². The van der Waals surface area contributed by atoms with Crippen molar-refractivity contribution in [2.24, 2.45) is 11.8 Å². The maximum absolute atomic E-state index is 5.62. The van der Waals surface area contributed by atoms with Gasteiger partial charge in [-0.3, -0.25) is 0 Å². The van der Waals surface area contributed by atoms with Crippen LogP contribution in [0.2, 0.25) is 0 Å². The third-order valence-corrected chi connectivity index (χ3v) is 4.11. The second-order valence-electron chi connectivity index (χ2n) is 6.70. The van der Waals surface area contributed by atoms with Gasteiger partial charge in [0.25, 0.3) is 0 Å². The van der Waals surface area contributed by atoms with Crippen LogP contribution < -0.4 is 0 Å². The summed E-state index contributed by atoms with van der Waals surface area (Å²) in [4.78, 5) is 0. The summed E-state index contributed by atoms with van der Waals surface area (Å²) < 4.78 is 5.62. The van der Waals surface area contributed by atoms with Crippen molar-refractivity contribution >= 4 is 11.0 Å². The first-order valence-electron chi connectivity index (χ1n) is 8.03. The SMILES string of the molecule is Cc1cc2cc(CCC(C)CCCC(C)C)ccc2o1. The maximum Gasteiger partial charge on any atom is 0.134 e. The Labute approximate surface area is 123 Å². The van der Waals surface area contributed by atoms with Gasteiger partial charge in [0.2, 0.25) is 0 Å². The highest BCUT2D eigenvalue weighted by Gasteiger charge is 2.06. The van der Waals surface area contributed by atoms with Gasteiger partial charge in [-0.25, -0.2) is 0 Å². The quantitative estimate of drug-likeness (QED) is 0.590. The highest BCUT2D eigenvalue weighted by molar-refractivity contribution is 5.78. The first kappa shape index (κ1) is 15.2. The van der Waals surface area contributed by atoms with Gasteiger partial charge in [-0.1, -0.05) is 46.1 Å². The lowest BCUT2D eigenvalue weighted by atomic mass is 9.94. The molecule has 0 amide bonds. The Morgan fingerprint density at radius 2 is 1.80 bits per heavy atom. The predicted octanol–water partition coefficient (Wildman–Crippen LogP) is 6.14. The molecular weight excluding hydrogens is 244 g/mol. The third kappa shape index (κ3) is 4.40. The van der Waals surface area contributed by atoms with E-state index in [-0.39, 0.29) is 0 Å². The number of furan rings is 1. The van der Waals surface area contributed by atoms with Gasteiger partial charge in [-0.15, -0.1) is 0 Å². The van der Waals surface area contributed by atoms with Gasteiger partial charge in [-0.2, -0.15) is 0 Å². The van der Waals surface area contributed by atoms with Crippen LogP contribution in [0.4, 0.5) is 0 Å². The molecule has 2 rings (SSSR count). The van der Waals surface area contributed by atoms with E-state index < -0.39 is 0 Å². The zero-order chi connectivity index (χ0) is 14.5. The molecular formula is C19H28O. The van der Waals surface area contributed by atoms with Crippen LogP contribution in [0.25, 0.3) is 11.0 Å². The minimum atomic E-state index is 0.829. The van der Waals surface area contributed by atoms with E-state index in [4.69, 9.17) is 4.42 Å². The molecule has 1 aromatic heterocycles. The fourth-order valence-corrected chi connectivity index (χ4v) is 2.81. The fourth-order valence-electron chi connectivity index (χ4n) is 2.81. The predicted molar refractivity (Wildman–Crippen MR) is 87.1 cm³/mol. The Balaban J connectivity index is 1.82. The molecule has 0 aliphatic rings. The minimum Gasteiger partial charge on any atom is -0.461 e. The first-order valence-corrected chi connectivity index (χ1v) is 8.03. The van der Waals surface area contributed by atoms with Crippen molar-refractivity contribution in [2.75, 3.05) is 0 Å². The first-order chi connectivity index (χ1) is 9.54. The molecule has 0 N–H and O–H groups in total. The largest absolute Gasteiger partial charge is 0.461 e. The van der Waals surface area contributed by atoms with Crippen molar-refractivity contribution in [3.05, 3.63) is 35.6 Å². The lowest BCUT2D eigenvalue weighted by Gasteiger charge is -2.12. The molecule has 0 saturated carbocycles. The highest BCUT2D eigenvalue weighted by atomic mass is 16.3. The van der Waals surface area contributed by atoms with Gasteiger partial charge >= 0.3 is 0 Å². The van der Waals surface area contributed by atoms with E-state index in [1.165, 1.54) is 43.1 Å². The van der Waals surface area contributed by atoms with Gasteiger partial charge in [0, 0.05) is 5.39 Å². The molecule has 0 aliphatic carbocycles. The monoisotopic (exact) mass is 272 g/mol. The zero-order valence-electron chi connectivity index (χ0n) is 13.4. The number of benzene rings is 1. The van der Waals surface area contributed by atoms with E-state index >= 15 is 0 Å². The van der Waals surface area contributed by atoms with E-state index in [0.717, 1.165) is 23.2 Å². The van der Waals surface area contributed by atoms with Crippen LogP contribution in [0.15, 0.2) is 28.7 Å². The van der Waals surface area contributed by atoms with E-state index in [1.807, 2.05) is 6.92 Å². The van der Waals surface area contributed by atoms with E-state index in [0.29, 0.717) is 0 Å². The number of hydrogen-bond donors (Lipinski definition) is 0. The van der Waals surface area contributed by atoms with Gasteiger partial charge < -0.3 is 4.42 Å². The van der Waals surface area contributed by atoms with Crippen molar-refractivity contribution in [1.82, 2.24) is 0 Å². The number of rotatable bonds is 7. The summed E-state index contributed by atoms with van der Waals surface area (Å²) >= 11 is 0. The van der Waals surface area contributed by atoms with E-state index in [1.54, 1.807) is 0 Å². The van der Waals surface area contributed by atoms with Crippen LogP contribution >= 0.6 is 0 Å². The topological polar surface area (TPSA) is 13.1 Å². The zero-order valence-corrected chi connectivity index (χ0v) is 13.4. The Hall–Kier alpha value is -1.24.